The minimum Gasteiger partial charge on any atom is -0.484 e. The summed E-state index contributed by atoms with van der Waals surface area (Å²) >= 11 is 0. The summed E-state index contributed by atoms with van der Waals surface area (Å²) in [5.41, 5.74) is 0.504. The van der Waals surface area contributed by atoms with Gasteiger partial charge in [-0.05, 0) is 49.7 Å². The highest BCUT2D eigenvalue weighted by molar-refractivity contribution is 7.89. The zero-order valence-corrected chi connectivity index (χ0v) is 15.0. The highest BCUT2D eigenvalue weighted by Crippen LogP contribution is 2.15. The van der Waals surface area contributed by atoms with Crippen molar-refractivity contribution in [3.63, 3.8) is 0 Å². The Hall–Kier alpha value is -2.38. The third kappa shape index (κ3) is 5.88. The zero-order chi connectivity index (χ0) is 18.3. The molecule has 0 fully saturated rings. The van der Waals surface area contributed by atoms with Gasteiger partial charge >= 0.3 is 0 Å². The van der Waals surface area contributed by atoms with E-state index in [2.05, 4.69) is 10.0 Å². The van der Waals surface area contributed by atoms with Crippen molar-refractivity contribution in [3.8, 4) is 5.75 Å². The van der Waals surface area contributed by atoms with E-state index in [1.54, 1.807) is 31.2 Å². The molecule has 134 valence electrons. The molecule has 25 heavy (non-hydrogen) atoms. The molecule has 0 aromatic heterocycles. The highest BCUT2D eigenvalue weighted by Gasteiger charge is 2.16. The first kappa shape index (κ1) is 19.0. The van der Waals surface area contributed by atoms with E-state index in [0.717, 1.165) is 0 Å². The Morgan fingerprint density at radius 2 is 1.72 bits per heavy atom. The second-order valence-corrected chi connectivity index (χ2v) is 7.32. The van der Waals surface area contributed by atoms with Gasteiger partial charge in [-0.1, -0.05) is 25.1 Å². The van der Waals surface area contributed by atoms with Crippen LogP contribution in [0.4, 0.5) is 5.69 Å². The summed E-state index contributed by atoms with van der Waals surface area (Å²) in [4.78, 5) is 12.0. The molecule has 0 spiro atoms. The summed E-state index contributed by atoms with van der Waals surface area (Å²) in [6.07, 6.45) is 0.703. The quantitative estimate of drug-likeness (QED) is 0.756. The Bertz CT molecular complexity index is 790. The van der Waals surface area contributed by atoms with Crippen LogP contribution in [0.2, 0.25) is 0 Å². The summed E-state index contributed by atoms with van der Waals surface area (Å²) in [6.45, 7) is 3.59. The van der Waals surface area contributed by atoms with Crippen molar-refractivity contribution in [1.82, 2.24) is 4.72 Å². The minimum absolute atomic E-state index is 0.125. The molecule has 2 aromatic carbocycles. The van der Waals surface area contributed by atoms with Crippen molar-refractivity contribution in [2.75, 3.05) is 11.9 Å². The molecule has 1 amide bonds. The van der Waals surface area contributed by atoms with Crippen molar-refractivity contribution >= 4 is 21.6 Å². The Kier molecular flexibility index (Phi) is 6.55. The third-order valence-electron chi connectivity index (χ3n) is 3.53. The average Bonchev–Trinajstić information content (AvgIpc) is 2.61. The molecule has 0 aliphatic heterocycles. The lowest BCUT2D eigenvalue weighted by molar-refractivity contribution is -0.118. The van der Waals surface area contributed by atoms with Crippen molar-refractivity contribution in [3.05, 3.63) is 54.6 Å². The van der Waals surface area contributed by atoms with Gasteiger partial charge in [0.25, 0.3) is 5.91 Å². The fraction of sp³-hybridized carbons (Fsp3) is 0.278. The van der Waals surface area contributed by atoms with Crippen LogP contribution in [0.1, 0.15) is 20.3 Å². The molecule has 6 nitrogen and oxygen atoms in total. The molecular weight excluding hydrogens is 340 g/mol. The number of ether oxygens (including phenoxy) is 1. The third-order valence-corrected chi connectivity index (χ3v) is 5.14. The maximum atomic E-state index is 12.2. The van der Waals surface area contributed by atoms with E-state index in [9.17, 15) is 13.2 Å². The Labute approximate surface area is 148 Å². The molecule has 1 atom stereocenters. The van der Waals surface area contributed by atoms with E-state index in [1.807, 2.05) is 25.1 Å². The maximum absolute atomic E-state index is 12.2. The predicted octanol–water partition coefficient (Wildman–Crippen LogP) is 2.78. The number of benzene rings is 2. The maximum Gasteiger partial charge on any atom is 0.262 e. The van der Waals surface area contributed by atoms with E-state index in [0.29, 0.717) is 17.9 Å². The van der Waals surface area contributed by atoms with Crippen molar-refractivity contribution < 1.29 is 17.9 Å². The van der Waals surface area contributed by atoms with E-state index < -0.39 is 10.0 Å². The zero-order valence-electron chi connectivity index (χ0n) is 14.2. The van der Waals surface area contributed by atoms with Gasteiger partial charge in [-0.3, -0.25) is 4.79 Å². The SMILES string of the molecule is CCC(C)NS(=O)(=O)c1ccc(NC(=O)COc2ccccc2)cc1. The molecule has 0 bridgehead atoms. The predicted molar refractivity (Wildman–Crippen MR) is 97.1 cm³/mol. The van der Waals surface area contributed by atoms with Crippen LogP contribution in [0.5, 0.6) is 5.75 Å². The smallest absolute Gasteiger partial charge is 0.262 e. The number of hydrogen-bond donors (Lipinski definition) is 2. The van der Waals surface area contributed by atoms with Gasteiger partial charge in [0.2, 0.25) is 10.0 Å². The number of rotatable bonds is 8. The Morgan fingerprint density at radius 1 is 1.08 bits per heavy atom. The van der Waals surface area contributed by atoms with Crippen LogP contribution < -0.4 is 14.8 Å². The normalized spacial score (nSPS) is 12.4. The Morgan fingerprint density at radius 3 is 2.32 bits per heavy atom. The molecule has 2 rings (SSSR count). The molecule has 0 radical (unpaired) electrons. The largest absolute Gasteiger partial charge is 0.484 e. The molecule has 0 aliphatic carbocycles. The van der Waals surface area contributed by atoms with Gasteiger partial charge in [-0.15, -0.1) is 0 Å². The van der Waals surface area contributed by atoms with Crippen LogP contribution >= 0.6 is 0 Å². The van der Waals surface area contributed by atoms with Gasteiger partial charge in [0.05, 0.1) is 4.90 Å². The molecule has 2 aromatic rings. The molecule has 7 heteroatoms. The molecule has 0 heterocycles. The van der Waals surface area contributed by atoms with Crippen LogP contribution in [0, 0.1) is 0 Å². The molecule has 1 unspecified atom stereocenters. The van der Waals surface area contributed by atoms with Crippen molar-refractivity contribution in [2.24, 2.45) is 0 Å². The molecule has 0 aliphatic rings. The number of carbonyl (C=O) groups excluding carboxylic acids is 1. The Balaban J connectivity index is 1.92. The standard InChI is InChI=1S/C18H22N2O4S/c1-3-14(2)20-25(22,23)17-11-9-15(10-12-17)19-18(21)13-24-16-7-5-4-6-8-16/h4-12,14,20H,3,13H2,1-2H3,(H,19,21). The van der Waals surface area contributed by atoms with Crippen LogP contribution in [0.25, 0.3) is 0 Å². The van der Waals surface area contributed by atoms with Gasteiger partial charge < -0.3 is 10.1 Å². The van der Waals surface area contributed by atoms with Crippen molar-refractivity contribution in [2.45, 2.75) is 31.2 Å². The number of para-hydroxylation sites is 1. The highest BCUT2D eigenvalue weighted by atomic mass is 32.2. The first-order valence-electron chi connectivity index (χ1n) is 8.01. The van der Waals surface area contributed by atoms with Crippen LogP contribution in [-0.2, 0) is 14.8 Å². The van der Waals surface area contributed by atoms with Gasteiger partial charge in [-0.2, -0.15) is 0 Å². The second kappa shape index (κ2) is 8.64. The van der Waals surface area contributed by atoms with Crippen LogP contribution in [-0.4, -0.2) is 27.0 Å². The summed E-state index contributed by atoms with van der Waals surface area (Å²) in [6, 6.07) is 14.9. The first-order valence-corrected chi connectivity index (χ1v) is 9.49. The fourth-order valence-electron chi connectivity index (χ4n) is 2.00. The lowest BCUT2D eigenvalue weighted by atomic mass is 10.3. The molecule has 0 saturated carbocycles. The van der Waals surface area contributed by atoms with Gasteiger partial charge in [0, 0.05) is 11.7 Å². The summed E-state index contributed by atoms with van der Waals surface area (Å²) < 4.78 is 32.3. The van der Waals surface area contributed by atoms with E-state index in [4.69, 9.17) is 4.74 Å². The number of carbonyl (C=O) groups is 1. The minimum atomic E-state index is -3.55. The van der Waals surface area contributed by atoms with Crippen LogP contribution in [0.15, 0.2) is 59.5 Å². The summed E-state index contributed by atoms with van der Waals surface area (Å²) in [7, 11) is -3.55. The number of nitrogens with one attached hydrogen (secondary N) is 2. The topological polar surface area (TPSA) is 84.5 Å². The number of amides is 1. The lowest BCUT2D eigenvalue weighted by Crippen LogP contribution is -2.31. The summed E-state index contributed by atoms with van der Waals surface area (Å²) in [5.74, 6) is 0.285. The fourth-order valence-corrected chi connectivity index (χ4v) is 3.32. The van der Waals surface area contributed by atoms with E-state index in [1.165, 1.54) is 12.1 Å². The number of anilines is 1. The van der Waals surface area contributed by atoms with Gasteiger partial charge in [-0.25, -0.2) is 13.1 Å². The first-order chi connectivity index (χ1) is 11.9. The molecular formula is C18H22N2O4S. The molecule has 2 N–H and O–H groups in total. The average molecular weight is 362 g/mol. The van der Waals surface area contributed by atoms with E-state index in [-0.39, 0.29) is 23.5 Å². The van der Waals surface area contributed by atoms with E-state index >= 15 is 0 Å². The molecule has 0 saturated heterocycles. The summed E-state index contributed by atoms with van der Waals surface area (Å²) in [5, 5.41) is 2.66. The number of sulfonamides is 1. The second-order valence-electron chi connectivity index (χ2n) is 5.60. The lowest BCUT2D eigenvalue weighted by Gasteiger charge is -2.12. The van der Waals surface area contributed by atoms with Crippen LogP contribution in [0.3, 0.4) is 0 Å². The van der Waals surface area contributed by atoms with Crippen molar-refractivity contribution in [1.29, 1.82) is 0 Å². The van der Waals surface area contributed by atoms with Gasteiger partial charge in [0.1, 0.15) is 5.75 Å². The monoisotopic (exact) mass is 362 g/mol. The number of hydrogen-bond acceptors (Lipinski definition) is 4. The van der Waals surface area contributed by atoms with Gasteiger partial charge in [0.15, 0.2) is 6.61 Å².